The zero-order chi connectivity index (χ0) is 19.7. The molecule has 1 aromatic carbocycles. The minimum absolute atomic E-state index is 0.00902. The fourth-order valence-electron chi connectivity index (χ4n) is 4.24. The molecule has 0 saturated heterocycles. The Kier molecular flexibility index (Phi) is 4.87. The highest BCUT2D eigenvalue weighted by Gasteiger charge is 2.39. The molecule has 2 aromatic heterocycles. The maximum atomic E-state index is 13.6. The molecule has 0 radical (unpaired) electrons. The number of fused-ring (bicyclic) bond motifs is 3. The van der Waals surface area contributed by atoms with Crippen molar-refractivity contribution in [1.82, 2.24) is 14.9 Å². The predicted molar refractivity (Wildman–Crippen MR) is 107 cm³/mol. The summed E-state index contributed by atoms with van der Waals surface area (Å²) in [6.07, 6.45) is 10.9. The molecule has 1 N–H and O–H groups in total. The number of pyridine rings is 1. The molecule has 4 rings (SSSR count). The molecule has 142 valence electrons. The molecule has 1 aliphatic heterocycles. The van der Waals surface area contributed by atoms with Gasteiger partial charge in [0.05, 0.1) is 6.04 Å². The van der Waals surface area contributed by atoms with Gasteiger partial charge in [-0.1, -0.05) is 31.9 Å². The number of H-pyrrole nitrogens is 1. The molecule has 28 heavy (non-hydrogen) atoms. The van der Waals surface area contributed by atoms with Crippen molar-refractivity contribution < 1.29 is 9.18 Å². The van der Waals surface area contributed by atoms with Crippen molar-refractivity contribution >= 4 is 16.9 Å². The van der Waals surface area contributed by atoms with Gasteiger partial charge in [-0.25, -0.2) is 9.37 Å². The summed E-state index contributed by atoms with van der Waals surface area (Å²) in [5, 5.41) is 1.07. The summed E-state index contributed by atoms with van der Waals surface area (Å²) in [6, 6.07) is 9.87. The second-order valence-electron chi connectivity index (χ2n) is 7.23. The zero-order valence-corrected chi connectivity index (χ0v) is 15.8. The van der Waals surface area contributed by atoms with Gasteiger partial charge in [0.1, 0.15) is 11.5 Å². The van der Waals surface area contributed by atoms with Crippen molar-refractivity contribution in [2.45, 2.75) is 44.7 Å². The van der Waals surface area contributed by atoms with Gasteiger partial charge in [0.15, 0.2) is 0 Å². The van der Waals surface area contributed by atoms with Crippen LogP contribution in [0.5, 0.6) is 0 Å². The zero-order valence-electron chi connectivity index (χ0n) is 15.8. The van der Waals surface area contributed by atoms with E-state index < -0.39 is 0 Å². The molecule has 5 heteroatoms. The molecule has 0 aliphatic carbocycles. The summed E-state index contributed by atoms with van der Waals surface area (Å²) in [5.41, 5.74) is 3.71. The first-order valence-electron chi connectivity index (χ1n) is 9.63. The summed E-state index contributed by atoms with van der Waals surface area (Å²) in [7, 11) is 0. The summed E-state index contributed by atoms with van der Waals surface area (Å²) < 4.78 is 13.6. The molecule has 0 saturated carbocycles. The number of benzene rings is 1. The maximum Gasteiger partial charge on any atom is 0.299 e. The van der Waals surface area contributed by atoms with Crippen molar-refractivity contribution in [2.75, 3.05) is 0 Å². The number of carbonyl (C=O) groups excluding carboxylic acids is 1. The number of hydrogen-bond donors (Lipinski definition) is 1. The number of carbonyl (C=O) groups is 1. The number of nitrogens with zero attached hydrogens (tertiary/aromatic N) is 2. The third-order valence-corrected chi connectivity index (χ3v) is 5.53. The van der Waals surface area contributed by atoms with E-state index in [0.29, 0.717) is 0 Å². The number of terminal acetylenes is 1. The highest BCUT2D eigenvalue weighted by Crippen LogP contribution is 2.41. The van der Waals surface area contributed by atoms with Crippen molar-refractivity contribution in [3.63, 3.8) is 0 Å². The largest absolute Gasteiger partial charge is 0.341 e. The fourth-order valence-corrected chi connectivity index (χ4v) is 4.24. The van der Waals surface area contributed by atoms with E-state index in [1.807, 2.05) is 6.07 Å². The van der Waals surface area contributed by atoms with Crippen molar-refractivity contribution in [2.24, 2.45) is 0 Å². The molecule has 0 bridgehead atoms. The van der Waals surface area contributed by atoms with Gasteiger partial charge in [-0.05, 0) is 54.2 Å². The number of unbranched alkanes of at least 4 members (excludes halogenated alkanes) is 1. The van der Waals surface area contributed by atoms with E-state index in [4.69, 9.17) is 6.42 Å². The molecular weight excluding hydrogens is 353 g/mol. The lowest BCUT2D eigenvalue weighted by Gasteiger charge is -2.41. The number of halogens is 1. The van der Waals surface area contributed by atoms with Crippen LogP contribution >= 0.6 is 0 Å². The van der Waals surface area contributed by atoms with Crippen molar-refractivity contribution in [1.29, 1.82) is 0 Å². The Hall–Kier alpha value is -3.13. The second-order valence-corrected chi connectivity index (χ2v) is 7.23. The number of aromatic amines is 1. The lowest BCUT2D eigenvalue weighted by molar-refractivity contribution is -0.130. The van der Waals surface area contributed by atoms with Gasteiger partial charge in [-0.3, -0.25) is 4.79 Å². The Morgan fingerprint density at radius 1 is 1.36 bits per heavy atom. The highest BCUT2D eigenvalue weighted by molar-refractivity contribution is 5.94. The van der Waals surface area contributed by atoms with Gasteiger partial charge in [0, 0.05) is 23.3 Å². The van der Waals surface area contributed by atoms with Crippen LogP contribution in [0.4, 0.5) is 4.39 Å². The first kappa shape index (κ1) is 18.2. The van der Waals surface area contributed by atoms with E-state index in [1.54, 1.807) is 23.2 Å². The number of hydrogen-bond acceptors (Lipinski definition) is 2. The van der Waals surface area contributed by atoms with E-state index in [-0.39, 0.29) is 23.8 Å². The fraction of sp³-hybridized carbons (Fsp3) is 0.304. The average Bonchev–Trinajstić information content (AvgIpc) is 3.09. The molecule has 3 heterocycles. The Bertz CT molecular complexity index is 1050. The van der Waals surface area contributed by atoms with E-state index in [9.17, 15) is 9.18 Å². The molecule has 0 spiro atoms. The molecule has 1 aliphatic rings. The first-order chi connectivity index (χ1) is 13.6. The molecule has 2 atom stereocenters. The van der Waals surface area contributed by atoms with E-state index in [0.717, 1.165) is 48.0 Å². The van der Waals surface area contributed by atoms with Crippen LogP contribution in [0.1, 0.15) is 49.0 Å². The molecule has 0 unspecified atom stereocenters. The molecule has 0 fully saturated rings. The van der Waals surface area contributed by atoms with Gasteiger partial charge in [-0.15, -0.1) is 6.42 Å². The quantitative estimate of drug-likeness (QED) is 0.689. The highest BCUT2D eigenvalue weighted by atomic mass is 19.1. The number of rotatable bonds is 4. The SMILES string of the molecule is C#CC(=O)N1[C@@H](CCCC)Cc2c([nH]c3ncccc23)[C@@H]1c1ccc(F)cc1. The third-order valence-electron chi connectivity index (χ3n) is 5.53. The monoisotopic (exact) mass is 375 g/mol. The van der Waals surface area contributed by atoms with Gasteiger partial charge in [-0.2, -0.15) is 0 Å². The van der Waals surface area contributed by atoms with Crippen LogP contribution < -0.4 is 0 Å². The Balaban J connectivity index is 1.92. The smallest absolute Gasteiger partial charge is 0.299 e. The van der Waals surface area contributed by atoms with Crippen LogP contribution in [0, 0.1) is 18.2 Å². The minimum Gasteiger partial charge on any atom is -0.341 e. The van der Waals surface area contributed by atoms with E-state index in [2.05, 4.69) is 28.9 Å². The van der Waals surface area contributed by atoms with Crippen molar-refractivity contribution in [3.05, 3.63) is 65.2 Å². The van der Waals surface area contributed by atoms with Gasteiger partial charge >= 0.3 is 0 Å². The Morgan fingerprint density at radius 3 is 2.86 bits per heavy atom. The van der Waals surface area contributed by atoms with Crippen LogP contribution in [0.3, 0.4) is 0 Å². The van der Waals surface area contributed by atoms with E-state index in [1.165, 1.54) is 17.7 Å². The van der Waals surface area contributed by atoms with Crippen LogP contribution in [0.15, 0.2) is 42.6 Å². The maximum absolute atomic E-state index is 13.6. The Labute approximate surface area is 163 Å². The van der Waals surface area contributed by atoms with E-state index >= 15 is 0 Å². The van der Waals surface area contributed by atoms with Crippen LogP contribution in [0.2, 0.25) is 0 Å². The molecular formula is C23H22FN3O. The molecule has 4 nitrogen and oxygen atoms in total. The topological polar surface area (TPSA) is 49.0 Å². The first-order valence-corrected chi connectivity index (χ1v) is 9.63. The second kappa shape index (κ2) is 7.47. The van der Waals surface area contributed by atoms with Crippen LogP contribution in [-0.2, 0) is 11.2 Å². The summed E-state index contributed by atoms with van der Waals surface area (Å²) in [6.45, 7) is 2.13. The third kappa shape index (κ3) is 3.05. The summed E-state index contributed by atoms with van der Waals surface area (Å²) >= 11 is 0. The van der Waals surface area contributed by atoms with Crippen LogP contribution in [0.25, 0.3) is 11.0 Å². The van der Waals surface area contributed by atoms with Gasteiger partial charge < -0.3 is 9.88 Å². The van der Waals surface area contributed by atoms with Crippen molar-refractivity contribution in [3.8, 4) is 12.3 Å². The number of amides is 1. The van der Waals surface area contributed by atoms with Gasteiger partial charge in [0.2, 0.25) is 0 Å². The Morgan fingerprint density at radius 2 is 2.14 bits per heavy atom. The van der Waals surface area contributed by atoms with Gasteiger partial charge in [0.25, 0.3) is 5.91 Å². The molecule has 3 aromatic rings. The van der Waals surface area contributed by atoms with Crippen LogP contribution in [-0.4, -0.2) is 26.8 Å². The number of aromatic nitrogens is 2. The standard InChI is InChI=1S/C23H22FN3O/c1-3-5-7-17-14-19-18-8-6-13-25-23(18)26-21(19)22(27(17)20(28)4-2)15-9-11-16(24)12-10-15/h2,6,8-13,17,22H,3,5,7,14H2,1H3,(H,25,26)/t17-,22-/m0/s1. The lowest BCUT2D eigenvalue weighted by Crippen LogP contribution is -2.47. The summed E-state index contributed by atoms with van der Waals surface area (Å²) in [5.74, 6) is 1.65. The number of nitrogens with one attached hydrogen (secondary N) is 1. The summed E-state index contributed by atoms with van der Waals surface area (Å²) in [4.78, 5) is 22.4. The average molecular weight is 375 g/mol. The normalized spacial score (nSPS) is 18.7. The molecule has 1 amide bonds. The predicted octanol–water partition coefficient (Wildman–Crippen LogP) is 4.37. The lowest BCUT2D eigenvalue weighted by atomic mass is 9.86. The minimum atomic E-state index is -0.385.